The van der Waals surface area contributed by atoms with Gasteiger partial charge in [0.1, 0.15) is 10.7 Å². The lowest BCUT2D eigenvalue weighted by atomic mass is 10.1. The van der Waals surface area contributed by atoms with Crippen LogP contribution in [0.25, 0.3) is 0 Å². The summed E-state index contributed by atoms with van der Waals surface area (Å²) in [6.45, 7) is 2.76. The van der Waals surface area contributed by atoms with E-state index < -0.39 is 0 Å². The molecule has 4 rings (SSSR count). The monoisotopic (exact) mass is 350 g/mol. The van der Waals surface area contributed by atoms with Crippen molar-refractivity contribution >= 4 is 29.1 Å². The number of fused-ring (bicyclic) bond motifs is 3. The average molecular weight is 351 g/mol. The number of rotatable bonds is 1. The van der Waals surface area contributed by atoms with Crippen LogP contribution < -0.4 is 15.4 Å². The molecule has 0 radical (unpaired) electrons. The van der Waals surface area contributed by atoms with E-state index in [1.165, 1.54) is 0 Å². The molecule has 0 saturated carbocycles. The summed E-state index contributed by atoms with van der Waals surface area (Å²) in [5.41, 5.74) is 0.746. The zero-order chi connectivity index (χ0) is 16.4. The third-order valence-corrected chi connectivity index (χ3v) is 4.33. The van der Waals surface area contributed by atoms with Gasteiger partial charge in [-0.15, -0.1) is 5.10 Å². The largest absolute Gasteiger partial charge is 0.475 e. The van der Waals surface area contributed by atoms with Gasteiger partial charge in [-0.1, -0.05) is 11.6 Å². The molecule has 0 amide bonds. The van der Waals surface area contributed by atoms with E-state index in [4.69, 9.17) is 21.1 Å². The lowest BCUT2D eigenvalue weighted by Crippen LogP contribution is -2.21. The summed E-state index contributed by atoms with van der Waals surface area (Å²) in [7, 11) is 0. The van der Waals surface area contributed by atoms with Crippen LogP contribution in [0, 0.1) is 0 Å². The summed E-state index contributed by atoms with van der Waals surface area (Å²) < 4.78 is 13.3. The zero-order valence-corrected chi connectivity index (χ0v) is 13.9. The van der Waals surface area contributed by atoms with Crippen LogP contribution in [0.5, 0.6) is 5.88 Å². The number of anilines is 3. The number of nitrogens with zero attached hydrogens (tertiary/aromatic N) is 4. The van der Waals surface area contributed by atoms with Crippen LogP contribution in [0.1, 0.15) is 25.3 Å². The van der Waals surface area contributed by atoms with Crippen molar-refractivity contribution < 1.29 is 9.47 Å². The summed E-state index contributed by atoms with van der Waals surface area (Å²) in [6, 6.07) is 0.230. The van der Waals surface area contributed by atoms with Gasteiger partial charge >= 0.3 is 0 Å². The molecule has 2 N–H and O–H groups in total. The van der Waals surface area contributed by atoms with Crippen molar-refractivity contribution in [1.82, 2.24) is 19.7 Å². The SMILES string of the molecule is Clc1cnc2nc1NCCCOc1nn(C3CCCOC3)cc1N2. The van der Waals surface area contributed by atoms with Crippen molar-refractivity contribution in [2.75, 3.05) is 37.0 Å². The Balaban J connectivity index is 1.64. The Kier molecular flexibility index (Phi) is 4.40. The Labute approximate surface area is 144 Å². The fourth-order valence-electron chi connectivity index (χ4n) is 2.81. The zero-order valence-electron chi connectivity index (χ0n) is 13.2. The molecule has 1 saturated heterocycles. The molecule has 9 heteroatoms. The number of halogens is 1. The van der Waals surface area contributed by atoms with Crippen molar-refractivity contribution in [3.05, 3.63) is 17.4 Å². The van der Waals surface area contributed by atoms with Crippen molar-refractivity contribution in [2.24, 2.45) is 0 Å². The fraction of sp³-hybridized carbons (Fsp3) is 0.533. The Hall–Kier alpha value is -2.06. The molecule has 24 heavy (non-hydrogen) atoms. The predicted octanol–water partition coefficient (Wildman–Crippen LogP) is 2.62. The van der Waals surface area contributed by atoms with Crippen LogP contribution in [-0.2, 0) is 4.74 Å². The third kappa shape index (κ3) is 3.25. The van der Waals surface area contributed by atoms with Gasteiger partial charge in [-0.3, -0.25) is 4.68 Å². The maximum absolute atomic E-state index is 6.12. The molecule has 8 nitrogen and oxygen atoms in total. The second-order valence-electron chi connectivity index (χ2n) is 5.84. The highest BCUT2D eigenvalue weighted by Gasteiger charge is 2.21. The number of aromatic nitrogens is 4. The summed E-state index contributed by atoms with van der Waals surface area (Å²) in [6.07, 6.45) is 6.41. The molecule has 2 aromatic rings. The van der Waals surface area contributed by atoms with Gasteiger partial charge in [0.25, 0.3) is 5.88 Å². The van der Waals surface area contributed by atoms with E-state index >= 15 is 0 Å². The molecule has 128 valence electrons. The van der Waals surface area contributed by atoms with Gasteiger partial charge in [-0.2, -0.15) is 4.98 Å². The van der Waals surface area contributed by atoms with Gasteiger partial charge in [-0.25, -0.2) is 4.98 Å². The Morgan fingerprint density at radius 1 is 1.29 bits per heavy atom. The van der Waals surface area contributed by atoms with E-state index in [-0.39, 0.29) is 6.04 Å². The van der Waals surface area contributed by atoms with E-state index in [0.29, 0.717) is 42.4 Å². The summed E-state index contributed by atoms with van der Waals surface area (Å²) in [5, 5.41) is 11.4. The summed E-state index contributed by atoms with van der Waals surface area (Å²) >= 11 is 6.12. The van der Waals surface area contributed by atoms with Crippen LogP contribution in [0.4, 0.5) is 17.5 Å². The van der Waals surface area contributed by atoms with Gasteiger partial charge in [0, 0.05) is 13.2 Å². The van der Waals surface area contributed by atoms with E-state index in [1.807, 2.05) is 10.9 Å². The Bertz CT molecular complexity index is 716. The molecule has 2 aromatic heterocycles. The second-order valence-corrected chi connectivity index (χ2v) is 6.25. The van der Waals surface area contributed by atoms with Crippen LogP contribution in [0.3, 0.4) is 0 Å². The molecule has 1 unspecified atom stereocenters. The minimum absolute atomic E-state index is 0.230. The first-order valence-electron chi connectivity index (χ1n) is 8.13. The maximum Gasteiger partial charge on any atom is 0.256 e. The van der Waals surface area contributed by atoms with Crippen molar-refractivity contribution in [1.29, 1.82) is 0 Å². The number of nitrogens with one attached hydrogen (secondary N) is 2. The molecule has 2 bridgehead atoms. The molecule has 0 aromatic carbocycles. The Morgan fingerprint density at radius 3 is 3.12 bits per heavy atom. The van der Waals surface area contributed by atoms with Gasteiger partial charge in [-0.05, 0) is 19.3 Å². The highest BCUT2D eigenvalue weighted by molar-refractivity contribution is 6.32. The number of hydrogen-bond donors (Lipinski definition) is 2. The molecule has 2 aliphatic heterocycles. The quantitative estimate of drug-likeness (QED) is 0.817. The second kappa shape index (κ2) is 6.82. The lowest BCUT2D eigenvalue weighted by molar-refractivity contribution is 0.0544. The van der Waals surface area contributed by atoms with Crippen molar-refractivity contribution in [2.45, 2.75) is 25.3 Å². The standard InChI is InChI=1S/C15H19ClN6O2/c16-11-7-18-15-19-12-8-22(10-3-1-5-23-9-10)21-14(12)24-6-2-4-17-13(11)20-15/h7-8,10H,1-6,9H2,(H2,17,18,19,20). The van der Waals surface area contributed by atoms with Crippen molar-refractivity contribution in [3.63, 3.8) is 0 Å². The highest BCUT2D eigenvalue weighted by atomic mass is 35.5. The Morgan fingerprint density at radius 2 is 2.25 bits per heavy atom. The normalized spacial score (nSPS) is 20.8. The maximum atomic E-state index is 6.12. The van der Waals surface area contributed by atoms with Crippen LogP contribution in [0.15, 0.2) is 12.4 Å². The number of hydrogen-bond acceptors (Lipinski definition) is 7. The molecule has 4 heterocycles. The van der Waals surface area contributed by atoms with Crippen LogP contribution >= 0.6 is 11.6 Å². The van der Waals surface area contributed by atoms with E-state index in [0.717, 1.165) is 31.6 Å². The van der Waals surface area contributed by atoms with Crippen LogP contribution in [-0.4, -0.2) is 46.1 Å². The first-order valence-corrected chi connectivity index (χ1v) is 8.50. The van der Waals surface area contributed by atoms with E-state index in [1.54, 1.807) is 6.20 Å². The molecule has 2 aliphatic rings. The van der Waals surface area contributed by atoms with E-state index in [9.17, 15) is 0 Å². The van der Waals surface area contributed by atoms with Gasteiger partial charge in [0.15, 0.2) is 5.82 Å². The molecule has 1 atom stereocenters. The third-order valence-electron chi connectivity index (χ3n) is 4.05. The van der Waals surface area contributed by atoms with Crippen LogP contribution in [0.2, 0.25) is 5.02 Å². The van der Waals surface area contributed by atoms with Gasteiger partial charge < -0.3 is 20.1 Å². The molecular formula is C15H19ClN6O2. The predicted molar refractivity (Wildman–Crippen MR) is 90.2 cm³/mol. The average Bonchev–Trinajstić information content (AvgIpc) is 2.99. The first-order chi connectivity index (χ1) is 11.8. The first kappa shape index (κ1) is 15.5. The minimum Gasteiger partial charge on any atom is -0.475 e. The summed E-state index contributed by atoms with van der Waals surface area (Å²) in [5.74, 6) is 1.63. The fourth-order valence-corrected chi connectivity index (χ4v) is 2.96. The highest BCUT2D eigenvalue weighted by Crippen LogP contribution is 2.30. The van der Waals surface area contributed by atoms with Gasteiger partial charge in [0.05, 0.1) is 31.6 Å². The van der Waals surface area contributed by atoms with Gasteiger partial charge in [0.2, 0.25) is 5.95 Å². The molecule has 0 spiro atoms. The van der Waals surface area contributed by atoms with E-state index in [2.05, 4.69) is 25.7 Å². The smallest absolute Gasteiger partial charge is 0.256 e. The summed E-state index contributed by atoms with van der Waals surface area (Å²) in [4.78, 5) is 8.64. The number of ether oxygens (including phenoxy) is 2. The molecule has 1 fully saturated rings. The topological polar surface area (TPSA) is 86.1 Å². The molecular weight excluding hydrogens is 332 g/mol. The van der Waals surface area contributed by atoms with Crippen molar-refractivity contribution in [3.8, 4) is 5.88 Å². The lowest BCUT2D eigenvalue weighted by Gasteiger charge is -2.22. The minimum atomic E-state index is 0.230. The molecule has 0 aliphatic carbocycles.